The Labute approximate surface area is 87.7 Å². The maximum atomic E-state index is 2.43. The number of hydrogen-bond acceptors (Lipinski definition) is 0. The molecule has 0 atom stereocenters. The van der Waals surface area contributed by atoms with Gasteiger partial charge in [-0.25, -0.2) is 0 Å². The van der Waals surface area contributed by atoms with Gasteiger partial charge < -0.3 is 0 Å². The second-order valence-electron chi connectivity index (χ2n) is 5.05. The molecule has 0 nitrogen and oxygen atoms in total. The Balaban J connectivity index is 2.26. The van der Waals surface area contributed by atoms with Crippen molar-refractivity contribution in [2.24, 2.45) is 0 Å². The summed E-state index contributed by atoms with van der Waals surface area (Å²) in [6.45, 7) is 7.29. The summed E-state index contributed by atoms with van der Waals surface area (Å²) >= 11 is 0. The van der Waals surface area contributed by atoms with E-state index in [1.165, 1.54) is 5.57 Å². The van der Waals surface area contributed by atoms with E-state index in [0.29, 0.717) is 0 Å². The van der Waals surface area contributed by atoms with Crippen molar-refractivity contribution in [2.75, 3.05) is 0 Å². The quantitative estimate of drug-likeness (QED) is 0.594. The van der Waals surface area contributed by atoms with E-state index in [1.807, 2.05) is 0 Å². The van der Waals surface area contributed by atoms with Crippen molar-refractivity contribution in [3.8, 4) is 0 Å². The number of allylic oxidation sites excluding steroid dienone is 8. The second kappa shape index (κ2) is 3.39. The van der Waals surface area contributed by atoms with Gasteiger partial charge in [0.15, 0.2) is 0 Å². The molecule has 1 heteroatoms. The molecule has 0 aromatic carbocycles. The van der Waals surface area contributed by atoms with Crippen LogP contribution in [0.5, 0.6) is 0 Å². The zero-order valence-electron chi connectivity index (χ0n) is 9.30. The van der Waals surface area contributed by atoms with Crippen molar-refractivity contribution in [3.63, 3.8) is 0 Å². The van der Waals surface area contributed by atoms with E-state index in [4.69, 9.17) is 0 Å². The minimum absolute atomic E-state index is 1.13. The Bertz CT molecular complexity index is 359. The van der Waals surface area contributed by atoms with E-state index in [-0.39, 0.29) is 0 Å². The van der Waals surface area contributed by atoms with Gasteiger partial charge in [0.25, 0.3) is 0 Å². The van der Waals surface area contributed by atoms with Crippen molar-refractivity contribution in [1.82, 2.24) is 0 Å². The molecule has 0 amide bonds. The molecule has 0 aliphatic heterocycles. The van der Waals surface area contributed by atoms with Gasteiger partial charge in [-0.05, 0) is 24.0 Å². The molecule has 2 aliphatic rings. The summed E-state index contributed by atoms with van der Waals surface area (Å²) in [6.07, 6.45) is 13.8. The first-order valence-corrected chi connectivity index (χ1v) is 8.86. The molecule has 0 fully saturated rings. The van der Waals surface area contributed by atoms with Gasteiger partial charge in [0, 0.05) is 0 Å². The van der Waals surface area contributed by atoms with Crippen LogP contribution in [0.4, 0.5) is 0 Å². The van der Waals surface area contributed by atoms with E-state index in [9.17, 15) is 0 Å². The molecule has 0 unspecified atom stereocenters. The maximum absolute atomic E-state index is 2.43. The van der Waals surface area contributed by atoms with Crippen LogP contribution in [-0.2, 0) is 0 Å². The highest BCUT2D eigenvalue weighted by Crippen LogP contribution is 2.35. The summed E-state index contributed by atoms with van der Waals surface area (Å²) in [4.78, 5) is 0. The minimum atomic E-state index is -1.13. The van der Waals surface area contributed by atoms with Gasteiger partial charge in [0.1, 0.15) is 0 Å². The first-order valence-electron chi connectivity index (χ1n) is 5.36. The highest BCUT2D eigenvalue weighted by atomic mass is 28.3. The van der Waals surface area contributed by atoms with E-state index >= 15 is 0 Å². The molecule has 0 saturated carbocycles. The molecule has 0 aromatic rings. The van der Waals surface area contributed by atoms with Crippen LogP contribution in [-0.4, -0.2) is 8.07 Å². The van der Waals surface area contributed by atoms with Gasteiger partial charge in [-0.2, -0.15) is 0 Å². The highest BCUT2D eigenvalue weighted by molar-refractivity contribution is 6.84. The first-order chi connectivity index (χ1) is 6.59. The fourth-order valence-electron chi connectivity index (χ4n) is 2.18. The summed E-state index contributed by atoms with van der Waals surface area (Å²) in [5, 5.41) is 1.66. The molecule has 14 heavy (non-hydrogen) atoms. The molecule has 0 radical (unpaired) electrons. The minimum Gasteiger partial charge on any atom is -0.0809 e. The van der Waals surface area contributed by atoms with Crippen molar-refractivity contribution in [3.05, 3.63) is 46.7 Å². The summed E-state index contributed by atoms with van der Waals surface area (Å²) in [6, 6.07) is 0. The van der Waals surface area contributed by atoms with Gasteiger partial charge in [-0.15, -0.1) is 0 Å². The molecule has 2 aliphatic carbocycles. The van der Waals surface area contributed by atoms with Crippen LogP contribution in [0.25, 0.3) is 0 Å². The Morgan fingerprint density at radius 2 is 1.93 bits per heavy atom. The summed E-state index contributed by atoms with van der Waals surface area (Å²) in [7, 11) is -1.13. The lowest BCUT2D eigenvalue weighted by atomic mass is 10.1. The van der Waals surface area contributed by atoms with Gasteiger partial charge in [0.05, 0.1) is 8.07 Å². The summed E-state index contributed by atoms with van der Waals surface area (Å²) < 4.78 is 0. The van der Waals surface area contributed by atoms with Crippen molar-refractivity contribution in [1.29, 1.82) is 0 Å². The van der Waals surface area contributed by atoms with Crippen molar-refractivity contribution in [2.45, 2.75) is 32.5 Å². The number of hydrogen-bond donors (Lipinski definition) is 0. The van der Waals surface area contributed by atoms with Crippen LogP contribution < -0.4 is 0 Å². The Hall–Kier alpha value is -0.823. The zero-order chi connectivity index (χ0) is 10.2. The third kappa shape index (κ3) is 1.69. The molecule has 0 N–H and O–H groups in total. The highest BCUT2D eigenvalue weighted by Gasteiger charge is 2.26. The summed E-state index contributed by atoms with van der Waals surface area (Å²) in [5.41, 5.74) is 3.07. The van der Waals surface area contributed by atoms with Gasteiger partial charge in [0.2, 0.25) is 0 Å². The normalized spacial score (nSPS) is 20.9. The van der Waals surface area contributed by atoms with Gasteiger partial charge in [-0.3, -0.25) is 0 Å². The molecule has 0 saturated heterocycles. The number of rotatable bonds is 2. The van der Waals surface area contributed by atoms with E-state index < -0.39 is 8.07 Å². The Morgan fingerprint density at radius 1 is 1.14 bits per heavy atom. The van der Waals surface area contributed by atoms with Crippen molar-refractivity contribution >= 4 is 8.07 Å². The molecular weight excluding hydrogens is 184 g/mol. The van der Waals surface area contributed by atoms with E-state index in [0.717, 1.165) is 12.8 Å². The smallest absolute Gasteiger partial charge is 0.0779 e. The molecule has 0 heterocycles. The molecular formula is C13H18Si. The third-order valence-corrected chi connectivity index (χ3v) is 4.95. The van der Waals surface area contributed by atoms with Crippen LogP contribution in [0.1, 0.15) is 12.8 Å². The van der Waals surface area contributed by atoms with Crippen molar-refractivity contribution < 1.29 is 0 Å². The second-order valence-corrected chi connectivity index (χ2v) is 10.1. The van der Waals surface area contributed by atoms with Crippen LogP contribution in [0.15, 0.2) is 46.7 Å². The predicted octanol–water partition coefficient (Wildman–Crippen LogP) is 4.01. The lowest BCUT2D eigenvalue weighted by Gasteiger charge is -2.22. The predicted molar refractivity (Wildman–Crippen MR) is 66.0 cm³/mol. The van der Waals surface area contributed by atoms with Crippen LogP contribution in [0.3, 0.4) is 0 Å². The van der Waals surface area contributed by atoms with Gasteiger partial charge in [-0.1, -0.05) is 55.2 Å². The lowest BCUT2D eigenvalue weighted by molar-refractivity contribution is 1.27. The molecule has 0 spiro atoms. The monoisotopic (exact) mass is 202 g/mol. The van der Waals surface area contributed by atoms with Crippen LogP contribution >= 0.6 is 0 Å². The summed E-state index contributed by atoms with van der Waals surface area (Å²) in [5.74, 6) is 0. The van der Waals surface area contributed by atoms with Gasteiger partial charge >= 0.3 is 0 Å². The molecule has 0 bridgehead atoms. The maximum Gasteiger partial charge on any atom is 0.0779 e. The molecule has 0 aromatic heterocycles. The SMILES string of the molecule is C[Si](C)(C)C1=CCC=C1C1=CC=CC1. The Kier molecular flexibility index (Phi) is 2.36. The lowest BCUT2D eigenvalue weighted by Crippen LogP contribution is -2.24. The topological polar surface area (TPSA) is 0 Å². The average Bonchev–Trinajstić information content (AvgIpc) is 2.73. The van der Waals surface area contributed by atoms with E-state index in [1.54, 1.807) is 10.8 Å². The van der Waals surface area contributed by atoms with E-state index in [2.05, 4.69) is 50.0 Å². The first kappa shape index (κ1) is 9.72. The third-order valence-electron chi connectivity index (χ3n) is 2.86. The molecule has 74 valence electrons. The Morgan fingerprint density at radius 3 is 2.50 bits per heavy atom. The fourth-order valence-corrected chi connectivity index (χ4v) is 3.98. The standard InChI is InChI=1S/C13H18Si/c1-14(2,3)13-10-6-9-12(13)11-7-4-5-8-11/h4-5,7,9-10H,6,8H2,1-3H3. The van der Waals surface area contributed by atoms with Crippen LogP contribution in [0, 0.1) is 0 Å². The van der Waals surface area contributed by atoms with Crippen LogP contribution in [0.2, 0.25) is 19.6 Å². The molecule has 2 rings (SSSR count). The largest absolute Gasteiger partial charge is 0.0809 e. The average molecular weight is 202 g/mol. The zero-order valence-corrected chi connectivity index (χ0v) is 10.3. The fraction of sp³-hybridized carbons (Fsp3) is 0.385.